The molecule has 1 amide bonds. The summed E-state index contributed by atoms with van der Waals surface area (Å²) in [5.74, 6) is 3.98. The highest BCUT2D eigenvalue weighted by molar-refractivity contribution is 7.91. The van der Waals surface area contributed by atoms with Crippen molar-refractivity contribution in [2.24, 2.45) is 29.6 Å². The van der Waals surface area contributed by atoms with Crippen LogP contribution in [-0.2, 0) is 14.6 Å². The molecule has 1 heterocycles. The first-order chi connectivity index (χ1) is 11.0. The van der Waals surface area contributed by atoms with Crippen LogP contribution in [0.4, 0.5) is 0 Å². The van der Waals surface area contributed by atoms with Crippen molar-refractivity contribution in [1.82, 2.24) is 4.90 Å². The molecule has 4 nitrogen and oxygen atoms in total. The van der Waals surface area contributed by atoms with Crippen molar-refractivity contribution in [2.45, 2.75) is 63.5 Å². The Kier molecular flexibility index (Phi) is 3.18. The molecule has 6 rings (SSSR count). The van der Waals surface area contributed by atoms with Crippen molar-refractivity contribution in [3.8, 4) is 0 Å². The van der Waals surface area contributed by atoms with E-state index in [1.54, 1.807) is 0 Å². The van der Waals surface area contributed by atoms with Crippen LogP contribution in [0.15, 0.2) is 0 Å². The number of carbonyl (C=O) groups excluding carboxylic acids is 1. The molecule has 5 aliphatic carbocycles. The predicted molar refractivity (Wildman–Crippen MR) is 87.5 cm³/mol. The maximum absolute atomic E-state index is 13.4. The van der Waals surface area contributed by atoms with E-state index in [0.717, 1.165) is 24.7 Å². The SMILES string of the molecule is O=C(C1C2CC3CC(C2)CC1C3)N(C1CC1)[C@H]1CCS(=O)(=O)C1. The standard InChI is InChI=1S/C18H27NO3S/c20-18(17-13-6-11-5-12(8-13)9-14(17)7-11)19(15-1-2-15)16-3-4-23(21,22)10-16/h11-17H,1-10H2/t11?,12?,13?,14?,16-,17?/m0/s1. The zero-order valence-electron chi connectivity index (χ0n) is 13.7. The van der Waals surface area contributed by atoms with Crippen LogP contribution >= 0.6 is 0 Å². The number of nitrogens with zero attached hydrogens (tertiary/aromatic N) is 1. The summed E-state index contributed by atoms with van der Waals surface area (Å²) in [6.45, 7) is 0. The first kappa shape index (κ1) is 14.7. The molecule has 128 valence electrons. The van der Waals surface area contributed by atoms with E-state index >= 15 is 0 Å². The van der Waals surface area contributed by atoms with Gasteiger partial charge in [0.05, 0.1) is 11.5 Å². The monoisotopic (exact) mass is 337 g/mol. The van der Waals surface area contributed by atoms with Crippen LogP contribution in [0.3, 0.4) is 0 Å². The Morgan fingerprint density at radius 1 is 0.826 bits per heavy atom. The number of hydrogen-bond donors (Lipinski definition) is 0. The Balaban J connectivity index is 1.40. The summed E-state index contributed by atoms with van der Waals surface area (Å²) in [5.41, 5.74) is 0. The number of hydrogen-bond acceptors (Lipinski definition) is 3. The molecule has 23 heavy (non-hydrogen) atoms. The molecule has 6 fully saturated rings. The van der Waals surface area contributed by atoms with Gasteiger partial charge in [-0.3, -0.25) is 4.79 Å². The van der Waals surface area contributed by atoms with Crippen molar-refractivity contribution < 1.29 is 13.2 Å². The smallest absolute Gasteiger partial charge is 0.226 e. The lowest BCUT2D eigenvalue weighted by atomic mass is 9.51. The predicted octanol–water partition coefficient (Wildman–Crippen LogP) is 2.24. The lowest BCUT2D eigenvalue weighted by Gasteiger charge is -2.54. The fraction of sp³-hybridized carbons (Fsp3) is 0.944. The van der Waals surface area contributed by atoms with Crippen molar-refractivity contribution in [1.29, 1.82) is 0 Å². The summed E-state index contributed by atoms with van der Waals surface area (Å²) in [5, 5.41) is 0. The van der Waals surface area contributed by atoms with E-state index in [1.807, 2.05) is 0 Å². The van der Waals surface area contributed by atoms with Gasteiger partial charge in [0.15, 0.2) is 9.84 Å². The molecule has 1 atom stereocenters. The van der Waals surface area contributed by atoms with E-state index in [2.05, 4.69) is 4.90 Å². The molecule has 0 unspecified atom stereocenters. The van der Waals surface area contributed by atoms with Crippen LogP contribution in [0.5, 0.6) is 0 Å². The number of amides is 1. The Labute approximate surface area is 138 Å². The van der Waals surface area contributed by atoms with Crippen LogP contribution in [0.25, 0.3) is 0 Å². The first-order valence-corrected chi connectivity index (χ1v) is 11.3. The molecule has 0 N–H and O–H groups in total. The second-order valence-corrected chi connectivity index (χ2v) is 11.2. The van der Waals surface area contributed by atoms with Crippen LogP contribution < -0.4 is 0 Å². The van der Waals surface area contributed by atoms with Crippen molar-refractivity contribution in [2.75, 3.05) is 11.5 Å². The average molecular weight is 337 g/mol. The minimum Gasteiger partial charge on any atom is -0.335 e. The van der Waals surface area contributed by atoms with Crippen LogP contribution in [0.1, 0.15) is 51.4 Å². The fourth-order valence-corrected chi connectivity index (χ4v) is 8.22. The zero-order valence-corrected chi connectivity index (χ0v) is 14.5. The van der Waals surface area contributed by atoms with E-state index < -0.39 is 9.84 Å². The second-order valence-electron chi connectivity index (χ2n) is 8.99. The zero-order chi connectivity index (χ0) is 15.8. The molecule has 4 bridgehead atoms. The highest BCUT2D eigenvalue weighted by Crippen LogP contribution is 2.57. The molecule has 5 saturated carbocycles. The number of carbonyl (C=O) groups is 1. The molecular weight excluding hydrogens is 310 g/mol. The Bertz CT molecular complexity index is 596. The third-order valence-electron chi connectivity index (χ3n) is 7.31. The lowest BCUT2D eigenvalue weighted by molar-refractivity contribution is -0.151. The summed E-state index contributed by atoms with van der Waals surface area (Å²) in [7, 11) is -2.92. The third-order valence-corrected chi connectivity index (χ3v) is 9.06. The normalized spacial score (nSPS) is 47.0. The van der Waals surface area contributed by atoms with Crippen LogP contribution in [0.2, 0.25) is 0 Å². The molecule has 1 aliphatic heterocycles. The Morgan fingerprint density at radius 2 is 1.43 bits per heavy atom. The first-order valence-electron chi connectivity index (χ1n) is 9.53. The number of rotatable bonds is 3. The lowest BCUT2D eigenvalue weighted by Crippen LogP contribution is -2.54. The molecule has 0 aromatic carbocycles. The van der Waals surface area contributed by atoms with Crippen molar-refractivity contribution >= 4 is 15.7 Å². The minimum atomic E-state index is -2.92. The molecule has 6 aliphatic rings. The Hall–Kier alpha value is -0.580. The molecule has 0 radical (unpaired) electrons. The van der Waals surface area contributed by atoms with Gasteiger partial charge in [-0.25, -0.2) is 8.42 Å². The molecule has 0 aromatic heterocycles. The largest absolute Gasteiger partial charge is 0.335 e. The van der Waals surface area contributed by atoms with Gasteiger partial charge >= 0.3 is 0 Å². The summed E-state index contributed by atoms with van der Waals surface area (Å²) >= 11 is 0. The average Bonchev–Trinajstić information content (AvgIpc) is 3.22. The fourth-order valence-electron chi connectivity index (χ4n) is 6.51. The highest BCUT2D eigenvalue weighted by atomic mass is 32.2. The van der Waals surface area contributed by atoms with Crippen LogP contribution in [-0.4, -0.2) is 42.8 Å². The second kappa shape index (κ2) is 4.96. The molecule has 1 saturated heterocycles. The molecule has 0 aromatic rings. The van der Waals surface area contributed by atoms with Gasteiger partial charge in [-0.2, -0.15) is 0 Å². The molecule has 0 spiro atoms. The summed E-state index contributed by atoms with van der Waals surface area (Å²) in [6.07, 6.45) is 9.25. The van der Waals surface area contributed by atoms with E-state index in [-0.39, 0.29) is 23.5 Å². The number of sulfone groups is 1. The maximum Gasteiger partial charge on any atom is 0.226 e. The van der Waals surface area contributed by atoms with E-state index in [4.69, 9.17) is 0 Å². The summed E-state index contributed by atoms with van der Waals surface area (Å²) in [6, 6.07) is 0.315. The molecule has 5 heteroatoms. The van der Waals surface area contributed by atoms with Gasteiger partial charge in [-0.05, 0) is 75.0 Å². The summed E-state index contributed by atoms with van der Waals surface area (Å²) in [4.78, 5) is 15.5. The van der Waals surface area contributed by atoms with Gasteiger partial charge in [0.25, 0.3) is 0 Å². The van der Waals surface area contributed by atoms with E-state index in [0.29, 0.717) is 30.2 Å². The highest BCUT2D eigenvalue weighted by Gasteiger charge is 2.54. The topological polar surface area (TPSA) is 54.5 Å². The molecular formula is C18H27NO3S. The maximum atomic E-state index is 13.4. The van der Waals surface area contributed by atoms with Gasteiger partial charge in [-0.15, -0.1) is 0 Å². The van der Waals surface area contributed by atoms with Gasteiger partial charge in [-0.1, -0.05) is 0 Å². The van der Waals surface area contributed by atoms with Gasteiger partial charge in [0.1, 0.15) is 0 Å². The summed E-state index contributed by atoms with van der Waals surface area (Å²) < 4.78 is 23.8. The van der Waals surface area contributed by atoms with Gasteiger partial charge < -0.3 is 4.90 Å². The van der Waals surface area contributed by atoms with E-state index in [9.17, 15) is 13.2 Å². The third kappa shape index (κ3) is 2.45. The Morgan fingerprint density at radius 3 is 1.91 bits per heavy atom. The van der Waals surface area contributed by atoms with Crippen LogP contribution in [0, 0.1) is 29.6 Å². The van der Waals surface area contributed by atoms with Gasteiger partial charge in [0, 0.05) is 18.0 Å². The van der Waals surface area contributed by atoms with Gasteiger partial charge in [0.2, 0.25) is 5.91 Å². The van der Waals surface area contributed by atoms with E-state index in [1.165, 1.54) is 32.1 Å². The van der Waals surface area contributed by atoms with Crippen molar-refractivity contribution in [3.05, 3.63) is 0 Å². The quantitative estimate of drug-likeness (QED) is 0.793. The van der Waals surface area contributed by atoms with Crippen molar-refractivity contribution in [3.63, 3.8) is 0 Å². The minimum absolute atomic E-state index is 0.0304.